The summed E-state index contributed by atoms with van der Waals surface area (Å²) in [4.78, 5) is 0. The third-order valence-corrected chi connectivity index (χ3v) is 3.95. The zero-order chi connectivity index (χ0) is 16.8. The van der Waals surface area contributed by atoms with Gasteiger partial charge in [0.2, 0.25) is 0 Å². The molecule has 0 spiro atoms. The third kappa shape index (κ3) is 4.88. The van der Waals surface area contributed by atoms with Crippen LogP contribution < -0.4 is 15.2 Å². The number of hydrogen-bond donors (Lipinski definition) is 1. The van der Waals surface area contributed by atoms with Gasteiger partial charge in [-0.25, -0.2) is 0 Å². The number of benzene rings is 2. The predicted molar refractivity (Wildman–Crippen MR) is 95.6 cm³/mol. The molecule has 0 heterocycles. The fourth-order valence-corrected chi connectivity index (χ4v) is 2.74. The second-order valence-electron chi connectivity index (χ2n) is 5.83. The zero-order valence-corrected chi connectivity index (χ0v) is 14.7. The lowest BCUT2D eigenvalue weighted by Gasteiger charge is -2.14. The summed E-state index contributed by atoms with van der Waals surface area (Å²) >= 11 is 5.95. The number of hydrogen-bond acceptors (Lipinski definition) is 3. The van der Waals surface area contributed by atoms with Crippen LogP contribution in [0.5, 0.6) is 11.5 Å². The van der Waals surface area contributed by atoms with Crippen molar-refractivity contribution in [2.24, 2.45) is 5.73 Å². The molecule has 0 aliphatic carbocycles. The van der Waals surface area contributed by atoms with Crippen LogP contribution in [0.1, 0.15) is 36.5 Å². The molecule has 0 amide bonds. The van der Waals surface area contributed by atoms with Crippen molar-refractivity contribution in [3.8, 4) is 11.5 Å². The van der Waals surface area contributed by atoms with Crippen LogP contribution in [0.2, 0.25) is 5.02 Å². The second kappa shape index (κ2) is 8.23. The molecule has 0 saturated heterocycles. The Balaban J connectivity index is 1.87. The largest absolute Gasteiger partial charge is 0.490 e. The van der Waals surface area contributed by atoms with E-state index in [0.29, 0.717) is 30.7 Å². The molecule has 0 aliphatic rings. The smallest absolute Gasteiger partial charge is 0.124 e. The van der Waals surface area contributed by atoms with E-state index in [1.807, 2.05) is 18.2 Å². The van der Waals surface area contributed by atoms with E-state index in [2.05, 4.69) is 32.9 Å². The molecule has 0 radical (unpaired) electrons. The third-order valence-electron chi connectivity index (χ3n) is 3.72. The number of aryl methyl sites for hydroxylation is 1. The van der Waals surface area contributed by atoms with Gasteiger partial charge in [-0.1, -0.05) is 31.5 Å². The summed E-state index contributed by atoms with van der Waals surface area (Å²) in [7, 11) is 0. The molecular formula is C19H24ClNO2. The van der Waals surface area contributed by atoms with Crippen molar-refractivity contribution in [3.05, 3.63) is 58.1 Å². The minimum Gasteiger partial charge on any atom is -0.490 e. The van der Waals surface area contributed by atoms with E-state index < -0.39 is 0 Å². The molecule has 3 nitrogen and oxygen atoms in total. The molecule has 23 heavy (non-hydrogen) atoms. The number of rotatable bonds is 7. The second-order valence-corrected chi connectivity index (χ2v) is 6.26. The molecule has 0 unspecified atom stereocenters. The highest BCUT2D eigenvalue weighted by Crippen LogP contribution is 2.24. The topological polar surface area (TPSA) is 44.5 Å². The van der Waals surface area contributed by atoms with Crippen LogP contribution in [0.4, 0.5) is 0 Å². The Bertz CT molecular complexity index is 656. The van der Waals surface area contributed by atoms with Crippen molar-refractivity contribution in [3.63, 3.8) is 0 Å². The van der Waals surface area contributed by atoms with E-state index in [4.69, 9.17) is 26.8 Å². The van der Waals surface area contributed by atoms with Crippen LogP contribution >= 0.6 is 11.6 Å². The van der Waals surface area contributed by atoms with E-state index in [-0.39, 0.29) is 0 Å². The van der Waals surface area contributed by atoms with Crippen LogP contribution in [0.3, 0.4) is 0 Å². The summed E-state index contributed by atoms with van der Waals surface area (Å²) < 4.78 is 11.5. The highest BCUT2D eigenvalue weighted by atomic mass is 35.5. The Morgan fingerprint density at radius 2 is 1.78 bits per heavy atom. The van der Waals surface area contributed by atoms with Crippen LogP contribution in [0.25, 0.3) is 0 Å². The van der Waals surface area contributed by atoms with Gasteiger partial charge in [0.15, 0.2) is 0 Å². The van der Waals surface area contributed by atoms with Gasteiger partial charge < -0.3 is 15.2 Å². The molecule has 0 atom stereocenters. The number of ether oxygens (including phenoxy) is 2. The maximum absolute atomic E-state index is 5.95. The lowest BCUT2D eigenvalue weighted by Crippen LogP contribution is -2.11. The van der Waals surface area contributed by atoms with Crippen molar-refractivity contribution in [1.29, 1.82) is 0 Å². The summed E-state index contributed by atoms with van der Waals surface area (Å²) in [6.07, 6.45) is 0. The Morgan fingerprint density at radius 3 is 2.43 bits per heavy atom. The molecule has 2 rings (SSSR count). The SMILES string of the molecule is Cc1cc(OCCOc2ccc(Cl)cc2CN)ccc1C(C)C. The first-order valence-corrected chi connectivity index (χ1v) is 8.23. The molecule has 0 fully saturated rings. The van der Waals surface area contributed by atoms with Crippen molar-refractivity contribution >= 4 is 11.6 Å². The Labute approximate surface area is 143 Å². The van der Waals surface area contributed by atoms with Gasteiger partial charge in [-0.15, -0.1) is 0 Å². The van der Waals surface area contributed by atoms with Gasteiger partial charge in [0.1, 0.15) is 24.7 Å². The molecule has 124 valence electrons. The van der Waals surface area contributed by atoms with E-state index in [0.717, 1.165) is 17.1 Å². The highest BCUT2D eigenvalue weighted by molar-refractivity contribution is 6.30. The predicted octanol–water partition coefficient (Wildman–Crippen LogP) is 4.69. The summed E-state index contributed by atoms with van der Waals surface area (Å²) in [6.45, 7) is 7.83. The fraction of sp³-hybridized carbons (Fsp3) is 0.368. The van der Waals surface area contributed by atoms with Crippen LogP contribution in [-0.2, 0) is 6.54 Å². The fourth-order valence-electron chi connectivity index (χ4n) is 2.55. The molecule has 2 aromatic rings. The van der Waals surface area contributed by atoms with Gasteiger partial charge in [-0.05, 0) is 54.3 Å². The standard InChI is InChI=1S/C19H24ClNO2/c1-13(2)18-6-5-17(10-14(18)3)22-8-9-23-19-7-4-16(20)11-15(19)12-21/h4-7,10-11,13H,8-9,12,21H2,1-3H3. The first-order chi connectivity index (χ1) is 11.0. The van der Waals surface area contributed by atoms with E-state index in [9.17, 15) is 0 Å². The summed E-state index contributed by atoms with van der Waals surface area (Å²) in [5.74, 6) is 2.14. The Morgan fingerprint density at radius 1 is 1.04 bits per heavy atom. The maximum atomic E-state index is 5.95. The van der Waals surface area contributed by atoms with Crippen LogP contribution in [0.15, 0.2) is 36.4 Å². The van der Waals surface area contributed by atoms with Gasteiger partial charge in [0.25, 0.3) is 0 Å². The average Bonchev–Trinajstić information content (AvgIpc) is 2.52. The molecular weight excluding hydrogens is 310 g/mol. The summed E-state index contributed by atoms with van der Waals surface area (Å²) in [6, 6.07) is 11.7. The zero-order valence-electron chi connectivity index (χ0n) is 13.9. The highest BCUT2D eigenvalue weighted by Gasteiger charge is 2.06. The molecule has 2 N–H and O–H groups in total. The molecule has 0 aromatic heterocycles. The minimum absolute atomic E-state index is 0.395. The molecule has 0 aliphatic heterocycles. The van der Waals surface area contributed by atoms with Crippen LogP contribution in [-0.4, -0.2) is 13.2 Å². The Kier molecular flexibility index (Phi) is 6.31. The Hall–Kier alpha value is -1.71. The monoisotopic (exact) mass is 333 g/mol. The number of nitrogens with two attached hydrogens (primary N) is 1. The summed E-state index contributed by atoms with van der Waals surface area (Å²) in [5.41, 5.74) is 9.20. The van der Waals surface area contributed by atoms with Gasteiger partial charge in [-0.3, -0.25) is 0 Å². The van der Waals surface area contributed by atoms with E-state index in [1.165, 1.54) is 11.1 Å². The maximum Gasteiger partial charge on any atom is 0.124 e. The van der Waals surface area contributed by atoms with Crippen molar-refractivity contribution in [2.45, 2.75) is 33.2 Å². The molecule has 0 saturated carbocycles. The first kappa shape index (κ1) is 17.6. The quantitative estimate of drug-likeness (QED) is 0.748. The van der Waals surface area contributed by atoms with Crippen molar-refractivity contribution in [1.82, 2.24) is 0 Å². The lowest BCUT2D eigenvalue weighted by molar-refractivity contribution is 0.216. The minimum atomic E-state index is 0.395. The molecule has 0 bridgehead atoms. The molecule has 4 heteroatoms. The van der Waals surface area contributed by atoms with Crippen LogP contribution in [0, 0.1) is 6.92 Å². The van der Waals surface area contributed by atoms with Gasteiger partial charge >= 0.3 is 0 Å². The first-order valence-electron chi connectivity index (χ1n) is 7.86. The van der Waals surface area contributed by atoms with Gasteiger partial charge in [-0.2, -0.15) is 0 Å². The van der Waals surface area contributed by atoms with Gasteiger partial charge in [0, 0.05) is 17.1 Å². The molecule has 2 aromatic carbocycles. The summed E-state index contributed by atoms with van der Waals surface area (Å²) in [5, 5.41) is 0.662. The lowest BCUT2D eigenvalue weighted by atomic mass is 9.98. The average molecular weight is 334 g/mol. The normalized spacial score (nSPS) is 10.9. The van der Waals surface area contributed by atoms with E-state index >= 15 is 0 Å². The van der Waals surface area contributed by atoms with Gasteiger partial charge in [0.05, 0.1) is 0 Å². The van der Waals surface area contributed by atoms with Crippen molar-refractivity contribution in [2.75, 3.05) is 13.2 Å². The van der Waals surface area contributed by atoms with E-state index in [1.54, 1.807) is 6.07 Å². The number of halogens is 1. The van der Waals surface area contributed by atoms with Crippen molar-refractivity contribution < 1.29 is 9.47 Å².